The summed E-state index contributed by atoms with van der Waals surface area (Å²) in [6, 6.07) is 7.25. The molecule has 7 nitrogen and oxygen atoms in total. The van der Waals surface area contributed by atoms with Gasteiger partial charge in [-0.2, -0.15) is 13.2 Å². The smallest absolute Gasteiger partial charge is 0.416 e. The Morgan fingerprint density at radius 1 is 1.17 bits per heavy atom. The molecular formula is C26H29F3N4O3. The Balaban J connectivity index is 1.17. The van der Waals surface area contributed by atoms with Gasteiger partial charge in [-0.05, 0) is 67.9 Å². The number of pyridine rings is 1. The number of aliphatic carboxylic acids is 1. The van der Waals surface area contributed by atoms with Gasteiger partial charge in [0.1, 0.15) is 11.6 Å². The number of halogens is 3. The van der Waals surface area contributed by atoms with E-state index in [4.69, 9.17) is 9.84 Å². The number of fused-ring (bicyclic) bond motifs is 1. The molecule has 36 heavy (non-hydrogen) atoms. The van der Waals surface area contributed by atoms with Gasteiger partial charge in [-0.15, -0.1) is 0 Å². The van der Waals surface area contributed by atoms with Gasteiger partial charge in [0.25, 0.3) is 0 Å². The molecule has 2 aromatic heterocycles. The number of hydrogen-bond acceptors (Lipinski definition) is 5. The Kier molecular flexibility index (Phi) is 6.63. The largest absolute Gasteiger partial charge is 0.481 e. The first-order valence-corrected chi connectivity index (χ1v) is 12.3. The third kappa shape index (κ3) is 5.33. The van der Waals surface area contributed by atoms with E-state index in [-0.39, 0.29) is 30.1 Å². The molecule has 0 amide bonds. The van der Waals surface area contributed by atoms with Gasteiger partial charge < -0.3 is 19.7 Å². The number of nitrogens with one attached hydrogen (secondary N) is 1. The van der Waals surface area contributed by atoms with Crippen LogP contribution in [0.25, 0.3) is 22.4 Å². The van der Waals surface area contributed by atoms with E-state index < -0.39 is 17.7 Å². The Morgan fingerprint density at radius 3 is 2.61 bits per heavy atom. The van der Waals surface area contributed by atoms with E-state index >= 15 is 0 Å². The van der Waals surface area contributed by atoms with Crippen molar-refractivity contribution in [3.05, 3.63) is 42.1 Å². The topological polar surface area (TPSA) is 91.3 Å². The summed E-state index contributed by atoms with van der Waals surface area (Å²) < 4.78 is 45.3. The first-order chi connectivity index (χ1) is 17.2. The molecule has 2 fully saturated rings. The minimum Gasteiger partial charge on any atom is -0.481 e. The fourth-order valence-electron chi connectivity index (χ4n) is 5.42. The van der Waals surface area contributed by atoms with Crippen molar-refractivity contribution in [3.8, 4) is 11.4 Å². The molecule has 1 aliphatic carbocycles. The fourth-order valence-corrected chi connectivity index (χ4v) is 5.42. The van der Waals surface area contributed by atoms with Gasteiger partial charge in [0.2, 0.25) is 0 Å². The number of carboxylic acids is 1. The Hall–Kier alpha value is -3.14. The lowest BCUT2D eigenvalue weighted by molar-refractivity contribution is -0.139. The summed E-state index contributed by atoms with van der Waals surface area (Å²) >= 11 is 0. The number of anilines is 1. The molecule has 0 spiro atoms. The number of imidazole rings is 1. The van der Waals surface area contributed by atoms with Crippen LogP contribution in [0.3, 0.4) is 0 Å². The van der Waals surface area contributed by atoms with Crippen molar-refractivity contribution in [1.29, 1.82) is 0 Å². The van der Waals surface area contributed by atoms with Crippen molar-refractivity contribution in [2.75, 3.05) is 18.0 Å². The number of carboxylic acid groups (broad SMARTS) is 1. The molecule has 3 heterocycles. The van der Waals surface area contributed by atoms with E-state index in [1.165, 1.54) is 6.07 Å². The number of nitrogens with zero attached hydrogens (tertiary/aromatic N) is 3. The van der Waals surface area contributed by atoms with E-state index in [1.807, 2.05) is 12.1 Å². The third-order valence-electron chi connectivity index (χ3n) is 7.42. The summed E-state index contributed by atoms with van der Waals surface area (Å²) in [7, 11) is 0. The second kappa shape index (κ2) is 9.72. The van der Waals surface area contributed by atoms with Crippen molar-refractivity contribution >= 4 is 22.8 Å². The van der Waals surface area contributed by atoms with E-state index in [0.717, 1.165) is 56.7 Å². The van der Waals surface area contributed by atoms with Crippen molar-refractivity contribution in [2.24, 2.45) is 11.8 Å². The maximum absolute atomic E-state index is 13.0. The summed E-state index contributed by atoms with van der Waals surface area (Å²) in [6.07, 6.45) is 1.27. The highest BCUT2D eigenvalue weighted by atomic mass is 19.4. The van der Waals surface area contributed by atoms with Gasteiger partial charge in [0, 0.05) is 31.3 Å². The third-order valence-corrected chi connectivity index (χ3v) is 7.42. The van der Waals surface area contributed by atoms with Crippen LogP contribution < -0.4 is 4.90 Å². The van der Waals surface area contributed by atoms with Gasteiger partial charge in [-0.3, -0.25) is 4.79 Å². The number of carbonyl (C=O) groups is 1. The Bertz CT molecular complexity index is 1220. The molecule has 1 aromatic carbocycles. The average Bonchev–Trinajstić information content (AvgIpc) is 3.41. The molecule has 1 aliphatic heterocycles. The number of piperidine rings is 1. The number of rotatable bonds is 6. The monoisotopic (exact) mass is 502 g/mol. The standard InChI is InChI=1S/C26H29F3N4O3/c1-15-10-20(11-17(15)12-24(34)35)36-19-6-8-33(9-7-19)23-5-2-16(14-30-23)25-31-21-4-3-18(26(27,28)29)13-22(21)32-25/h2-5,13-15,17,19-20H,6-12H2,1H3,(H,31,32)(H,34,35)/t15-,17-,20+/m0/s1. The number of aromatic amines is 1. The van der Waals surface area contributed by atoms with Crippen molar-refractivity contribution in [3.63, 3.8) is 0 Å². The summed E-state index contributed by atoms with van der Waals surface area (Å²) in [5.74, 6) is 1.13. The number of hydrogen-bond donors (Lipinski definition) is 2. The first kappa shape index (κ1) is 24.5. The molecule has 0 bridgehead atoms. The molecule has 192 valence electrons. The highest BCUT2D eigenvalue weighted by molar-refractivity contribution is 5.80. The normalized spacial score (nSPS) is 23.4. The molecule has 5 rings (SSSR count). The SMILES string of the molecule is C[C@H]1C[C@@H](OC2CCN(c3ccc(-c4nc5cc(C(F)(F)F)ccc5[nH]4)cn3)CC2)C[C@H]1CC(=O)O. The van der Waals surface area contributed by atoms with Gasteiger partial charge in [-0.1, -0.05) is 6.92 Å². The molecule has 10 heteroatoms. The highest BCUT2D eigenvalue weighted by Crippen LogP contribution is 2.37. The second-order valence-electron chi connectivity index (χ2n) is 9.97. The quantitative estimate of drug-likeness (QED) is 0.461. The zero-order valence-corrected chi connectivity index (χ0v) is 20.0. The minimum absolute atomic E-state index is 0.134. The number of benzene rings is 1. The lowest BCUT2D eigenvalue weighted by Crippen LogP contribution is -2.38. The molecule has 0 unspecified atom stereocenters. The summed E-state index contributed by atoms with van der Waals surface area (Å²) in [5, 5.41) is 9.09. The maximum Gasteiger partial charge on any atom is 0.416 e. The van der Waals surface area contributed by atoms with Crippen LogP contribution in [0.4, 0.5) is 19.0 Å². The predicted octanol–water partition coefficient (Wildman–Crippen LogP) is 5.52. The molecule has 2 N–H and O–H groups in total. The zero-order chi connectivity index (χ0) is 25.4. The van der Waals surface area contributed by atoms with Crippen LogP contribution in [-0.2, 0) is 15.7 Å². The molecule has 2 aliphatic rings. The fraction of sp³-hybridized carbons (Fsp3) is 0.500. The minimum atomic E-state index is -4.41. The van der Waals surface area contributed by atoms with Gasteiger partial charge in [0.15, 0.2) is 0 Å². The number of aromatic nitrogens is 3. The average molecular weight is 503 g/mol. The molecule has 3 atom stereocenters. The van der Waals surface area contributed by atoms with E-state index in [2.05, 4.69) is 26.8 Å². The van der Waals surface area contributed by atoms with Crippen molar-refractivity contribution in [2.45, 2.75) is 57.4 Å². The summed E-state index contributed by atoms with van der Waals surface area (Å²) in [4.78, 5) is 25.2. The molecular weight excluding hydrogens is 473 g/mol. The van der Waals surface area contributed by atoms with Crippen LogP contribution in [0, 0.1) is 11.8 Å². The second-order valence-corrected chi connectivity index (χ2v) is 9.97. The van der Waals surface area contributed by atoms with Gasteiger partial charge in [0.05, 0.1) is 28.8 Å². The van der Waals surface area contributed by atoms with Crippen LogP contribution in [0.15, 0.2) is 36.5 Å². The molecule has 3 aromatic rings. The van der Waals surface area contributed by atoms with Crippen LogP contribution in [0.2, 0.25) is 0 Å². The molecule has 0 radical (unpaired) electrons. The summed E-state index contributed by atoms with van der Waals surface area (Å²) in [5.41, 5.74) is 0.774. The molecule has 1 saturated heterocycles. The summed E-state index contributed by atoms with van der Waals surface area (Å²) in [6.45, 7) is 3.73. The predicted molar refractivity (Wildman–Crippen MR) is 129 cm³/mol. The highest BCUT2D eigenvalue weighted by Gasteiger charge is 2.35. The number of alkyl halides is 3. The van der Waals surface area contributed by atoms with E-state index in [9.17, 15) is 18.0 Å². The Labute approximate surface area is 206 Å². The van der Waals surface area contributed by atoms with E-state index in [1.54, 1.807) is 6.20 Å². The van der Waals surface area contributed by atoms with E-state index in [0.29, 0.717) is 22.8 Å². The van der Waals surface area contributed by atoms with Crippen molar-refractivity contribution in [1.82, 2.24) is 15.0 Å². The van der Waals surface area contributed by atoms with Crippen LogP contribution >= 0.6 is 0 Å². The lowest BCUT2D eigenvalue weighted by atomic mass is 9.95. The number of H-pyrrole nitrogens is 1. The van der Waals surface area contributed by atoms with Crippen LogP contribution in [0.5, 0.6) is 0 Å². The van der Waals surface area contributed by atoms with Crippen LogP contribution in [-0.4, -0.2) is 51.3 Å². The lowest BCUT2D eigenvalue weighted by Gasteiger charge is -2.34. The zero-order valence-electron chi connectivity index (χ0n) is 20.0. The Morgan fingerprint density at radius 2 is 1.94 bits per heavy atom. The number of ether oxygens (including phenoxy) is 1. The maximum atomic E-state index is 13.0. The first-order valence-electron chi connectivity index (χ1n) is 12.3. The van der Waals surface area contributed by atoms with Gasteiger partial charge in [-0.25, -0.2) is 9.97 Å². The van der Waals surface area contributed by atoms with Crippen molar-refractivity contribution < 1.29 is 27.8 Å². The van der Waals surface area contributed by atoms with Crippen LogP contribution in [0.1, 0.15) is 44.6 Å². The van der Waals surface area contributed by atoms with Gasteiger partial charge >= 0.3 is 12.1 Å². The molecule has 1 saturated carbocycles.